The van der Waals surface area contributed by atoms with Crippen molar-refractivity contribution < 1.29 is 5.11 Å². The van der Waals surface area contributed by atoms with Crippen LogP contribution < -0.4 is 5.32 Å². The van der Waals surface area contributed by atoms with E-state index < -0.39 is 0 Å². The number of pyridine rings is 1. The van der Waals surface area contributed by atoms with E-state index >= 15 is 0 Å². The Balaban J connectivity index is 2.04. The first-order chi connectivity index (χ1) is 8.29. The van der Waals surface area contributed by atoms with Gasteiger partial charge >= 0.3 is 0 Å². The van der Waals surface area contributed by atoms with Crippen molar-refractivity contribution in [1.82, 2.24) is 4.98 Å². The summed E-state index contributed by atoms with van der Waals surface area (Å²) in [5, 5.41) is 12.3. The van der Waals surface area contributed by atoms with Gasteiger partial charge in [-0.05, 0) is 30.3 Å². The lowest BCUT2D eigenvalue weighted by atomic mass is 10.3. The number of aromatic hydroxyl groups is 1. The molecule has 0 saturated carbocycles. The molecule has 0 aliphatic rings. The topological polar surface area (TPSA) is 45.2 Å². The second-order valence-electron chi connectivity index (χ2n) is 3.54. The zero-order valence-corrected chi connectivity index (χ0v) is 10.4. The van der Waals surface area contributed by atoms with E-state index in [-0.39, 0.29) is 0 Å². The number of anilines is 1. The fourth-order valence-corrected chi connectivity index (χ4v) is 2.37. The molecule has 4 heteroatoms. The van der Waals surface area contributed by atoms with Crippen molar-refractivity contribution in [1.29, 1.82) is 0 Å². The van der Waals surface area contributed by atoms with Crippen molar-refractivity contribution in [2.45, 2.75) is 10.6 Å². The highest BCUT2D eigenvalue weighted by Gasteiger charge is 2.02. The van der Waals surface area contributed by atoms with Crippen LogP contribution in [0, 0.1) is 0 Å². The second kappa shape index (κ2) is 5.59. The standard InChI is InChI=1S/C13H14N2OS/c1-14-13-10(3-2-8-15-13)9-17-12-6-4-11(16)5-7-12/h2-8,16H,9H2,1H3,(H,14,15). The lowest BCUT2D eigenvalue weighted by Gasteiger charge is -2.07. The van der Waals surface area contributed by atoms with Gasteiger partial charge in [0.1, 0.15) is 11.6 Å². The zero-order chi connectivity index (χ0) is 12.1. The number of phenols is 1. The summed E-state index contributed by atoms with van der Waals surface area (Å²) in [5.41, 5.74) is 1.17. The molecule has 2 rings (SSSR count). The Morgan fingerprint density at radius 1 is 1.24 bits per heavy atom. The van der Waals surface area contributed by atoms with Crippen molar-refractivity contribution in [2.24, 2.45) is 0 Å². The number of nitrogens with zero attached hydrogens (tertiary/aromatic N) is 1. The first-order valence-corrected chi connectivity index (χ1v) is 6.31. The van der Waals surface area contributed by atoms with E-state index in [2.05, 4.69) is 16.4 Å². The summed E-state index contributed by atoms with van der Waals surface area (Å²) in [4.78, 5) is 5.39. The normalized spacial score (nSPS) is 10.2. The molecule has 0 aliphatic carbocycles. The minimum absolute atomic E-state index is 0.298. The largest absolute Gasteiger partial charge is 0.508 e. The van der Waals surface area contributed by atoms with Crippen molar-refractivity contribution >= 4 is 17.6 Å². The van der Waals surface area contributed by atoms with Crippen LogP contribution in [0.5, 0.6) is 5.75 Å². The molecule has 2 aromatic rings. The Morgan fingerprint density at radius 2 is 2.00 bits per heavy atom. The van der Waals surface area contributed by atoms with Gasteiger partial charge < -0.3 is 10.4 Å². The van der Waals surface area contributed by atoms with Crippen LogP contribution >= 0.6 is 11.8 Å². The molecular weight excluding hydrogens is 232 g/mol. The molecule has 0 unspecified atom stereocenters. The molecule has 17 heavy (non-hydrogen) atoms. The number of aromatic nitrogens is 1. The first kappa shape index (κ1) is 11.8. The maximum absolute atomic E-state index is 9.19. The van der Waals surface area contributed by atoms with Gasteiger partial charge in [-0.15, -0.1) is 11.8 Å². The minimum Gasteiger partial charge on any atom is -0.508 e. The van der Waals surface area contributed by atoms with Gasteiger partial charge in [-0.3, -0.25) is 0 Å². The molecule has 1 aromatic carbocycles. The van der Waals surface area contributed by atoms with E-state index in [0.29, 0.717) is 5.75 Å². The lowest BCUT2D eigenvalue weighted by Crippen LogP contribution is -1.96. The summed E-state index contributed by atoms with van der Waals surface area (Å²) in [7, 11) is 1.87. The van der Waals surface area contributed by atoms with E-state index in [1.54, 1.807) is 30.1 Å². The van der Waals surface area contributed by atoms with Crippen LogP contribution in [0.3, 0.4) is 0 Å². The van der Waals surface area contributed by atoms with E-state index in [0.717, 1.165) is 16.5 Å². The molecule has 2 N–H and O–H groups in total. The van der Waals surface area contributed by atoms with Crippen LogP contribution in [0.15, 0.2) is 47.5 Å². The van der Waals surface area contributed by atoms with Gasteiger partial charge in [0.05, 0.1) is 0 Å². The van der Waals surface area contributed by atoms with Gasteiger partial charge in [-0.1, -0.05) is 6.07 Å². The number of nitrogens with one attached hydrogen (secondary N) is 1. The molecule has 0 fully saturated rings. The Morgan fingerprint density at radius 3 is 2.71 bits per heavy atom. The Kier molecular flexibility index (Phi) is 3.88. The van der Waals surface area contributed by atoms with Crippen molar-refractivity contribution in [3.8, 4) is 5.75 Å². The fourth-order valence-electron chi connectivity index (χ4n) is 1.48. The maximum Gasteiger partial charge on any atom is 0.129 e. The molecule has 1 heterocycles. The lowest BCUT2D eigenvalue weighted by molar-refractivity contribution is 0.475. The number of hydrogen-bond acceptors (Lipinski definition) is 4. The first-order valence-electron chi connectivity index (χ1n) is 5.33. The summed E-state index contributed by atoms with van der Waals surface area (Å²) in [6.45, 7) is 0. The Bertz CT molecular complexity index is 485. The van der Waals surface area contributed by atoms with E-state index in [4.69, 9.17) is 0 Å². The van der Waals surface area contributed by atoms with Gasteiger partial charge in [-0.2, -0.15) is 0 Å². The molecule has 0 amide bonds. The van der Waals surface area contributed by atoms with Crippen molar-refractivity contribution in [3.05, 3.63) is 48.2 Å². The molecular formula is C13H14N2OS. The SMILES string of the molecule is CNc1ncccc1CSc1ccc(O)cc1. The third kappa shape index (κ3) is 3.14. The summed E-state index contributed by atoms with van der Waals surface area (Å²) < 4.78 is 0. The number of thioether (sulfide) groups is 1. The third-order valence-electron chi connectivity index (χ3n) is 2.36. The molecule has 3 nitrogen and oxygen atoms in total. The predicted molar refractivity (Wildman–Crippen MR) is 71.5 cm³/mol. The van der Waals surface area contributed by atoms with Crippen LogP contribution in [0.1, 0.15) is 5.56 Å². The van der Waals surface area contributed by atoms with Gasteiger partial charge in [0.2, 0.25) is 0 Å². The Labute approximate surface area is 105 Å². The molecule has 88 valence electrons. The third-order valence-corrected chi connectivity index (χ3v) is 3.42. The van der Waals surface area contributed by atoms with Crippen LogP contribution in [0.2, 0.25) is 0 Å². The van der Waals surface area contributed by atoms with Crippen LogP contribution in [-0.2, 0) is 5.75 Å². The van der Waals surface area contributed by atoms with E-state index in [1.165, 1.54) is 5.56 Å². The van der Waals surface area contributed by atoms with Crippen molar-refractivity contribution in [3.63, 3.8) is 0 Å². The number of hydrogen-bond donors (Lipinski definition) is 2. The van der Waals surface area contributed by atoms with E-state index in [9.17, 15) is 5.11 Å². The molecule has 0 spiro atoms. The maximum atomic E-state index is 9.19. The quantitative estimate of drug-likeness (QED) is 0.814. The van der Waals surface area contributed by atoms with Crippen LogP contribution in [0.4, 0.5) is 5.82 Å². The molecule has 0 saturated heterocycles. The number of benzene rings is 1. The highest BCUT2D eigenvalue weighted by molar-refractivity contribution is 7.98. The van der Waals surface area contributed by atoms with Crippen LogP contribution in [0.25, 0.3) is 0 Å². The minimum atomic E-state index is 0.298. The summed E-state index contributed by atoms with van der Waals surface area (Å²) in [6.07, 6.45) is 1.78. The Hall–Kier alpha value is -1.68. The number of phenolic OH excluding ortho intramolecular Hbond substituents is 1. The molecule has 0 bridgehead atoms. The van der Waals surface area contributed by atoms with Gasteiger partial charge in [-0.25, -0.2) is 4.98 Å². The predicted octanol–water partition coefficient (Wildman–Crippen LogP) is 3.12. The number of rotatable bonds is 4. The van der Waals surface area contributed by atoms with Gasteiger partial charge in [0.15, 0.2) is 0 Å². The van der Waals surface area contributed by atoms with Gasteiger partial charge in [0.25, 0.3) is 0 Å². The fraction of sp³-hybridized carbons (Fsp3) is 0.154. The van der Waals surface area contributed by atoms with Crippen molar-refractivity contribution in [2.75, 3.05) is 12.4 Å². The van der Waals surface area contributed by atoms with Crippen LogP contribution in [-0.4, -0.2) is 17.1 Å². The highest BCUT2D eigenvalue weighted by Crippen LogP contribution is 2.26. The molecule has 0 atom stereocenters. The smallest absolute Gasteiger partial charge is 0.129 e. The molecule has 0 radical (unpaired) electrons. The zero-order valence-electron chi connectivity index (χ0n) is 9.55. The molecule has 0 aliphatic heterocycles. The van der Waals surface area contributed by atoms with Gasteiger partial charge in [0, 0.05) is 29.5 Å². The average Bonchev–Trinajstić information content (AvgIpc) is 2.38. The molecule has 1 aromatic heterocycles. The summed E-state index contributed by atoms with van der Waals surface area (Å²) in [5.74, 6) is 2.07. The monoisotopic (exact) mass is 246 g/mol. The summed E-state index contributed by atoms with van der Waals surface area (Å²) in [6, 6.07) is 11.2. The average molecular weight is 246 g/mol. The van der Waals surface area contributed by atoms with E-state index in [1.807, 2.05) is 25.2 Å². The summed E-state index contributed by atoms with van der Waals surface area (Å²) >= 11 is 1.72. The highest BCUT2D eigenvalue weighted by atomic mass is 32.2. The second-order valence-corrected chi connectivity index (χ2v) is 4.59.